The highest BCUT2D eigenvalue weighted by Gasteiger charge is 2.22. The Labute approximate surface area is 118 Å². The predicted molar refractivity (Wildman–Crippen MR) is 69.9 cm³/mol. The summed E-state index contributed by atoms with van der Waals surface area (Å²) in [7, 11) is -4.17. The first kappa shape index (κ1) is 14.9. The fraction of sp³-hybridized carbons (Fsp3) is 0. The van der Waals surface area contributed by atoms with Gasteiger partial charge in [0.1, 0.15) is 11.4 Å². The number of primary amides is 1. The summed E-state index contributed by atoms with van der Waals surface area (Å²) in [6.45, 7) is 0. The number of nitrogens with zero attached hydrogens (tertiary/aromatic N) is 1. The zero-order valence-corrected chi connectivity index (χ0v) is 11.2. The first-order chi connectivity index (χ1) is 9.83. The average molecular weight is 313 g/mol. The molecular formula is C12H9F2N3O3S. The molecule has 9 heteroatoms. The molecule has 2 rings (SSSR count). The van der Waals surface area contributed by atoms with Gasteiger partial charge in [-0.05, 0) is 24.3 Å². The summed E-state index contributed by atoms with van der Waals surface area (Å²) >= 11 is 0. The van der Waals surface area contributed by atoms with Crippen molar-refractivity contribution in [2.75, 3.05) is 4.72 Å². The van der Waals surface area contributed by atoms with Crippen LogP contribution in [-0.2, 0) is 10.0 Å². The van der Waals surface area contributed by atoms with Crippen molar-refractivity contribution in [3.8, 4) is 0 Å². The van der Waals surface area contributed by atoms with Crippen LogP contribution in [0.5, 0.6) is 0 Å². The summed E-state index contributed by atoms with van der Waals surface area (Å²) in [5, 5.41) is -0.352. The maximum atomic E-state index is 13.9. The molecule has 6 nitrogen and oxygen atoms in total. The summed E-state index contributed by atoms with van der Waals surface area (Å²) < 4.78 is 53.1. The monoisotopic (exact) mass is 313 g/mol. The minimum Gasteiger partial charge on any atom is -0.365 e. The third-order valence-corrected chi connectivity index (χ3v) is 3.78. The van der Waals surface area contributed by atoms with Crippen LogP contribution in [0, 0.1) is 11.6 Å². The zero-order valence-electron chi connectivity index (χ0n) is 10.4. The standard InChI is InChI=1S/C12H9F2N3O3S/c13-7-4-5-8(11(14)10(7)12(15)18)17-21(19,20)9-3-1-2-6-16-9/h1-6,17H,(H2,15,18). The first-order valence-corrected chi connectivity index (χ1v) is 7.03. The predicted octanol–water partition coefficient (Wildman–Crippen LogP) is 1.26. The Morgan fingerprint density at radius 2 is 1.90 bits per heavy atom. The number of rotatable bonds is 4. The minimum atomic E-state index is -4.17. The van der Waals surface area contributed by atoms with E-state index in [0.29, 0.717) is 0 Å². The van der Waals surface area contributed by atoms with E-state index in [1.807, 2.05) is 4.72 Å². The number of benzene rings is 1. The molecule has 0 atom stereocenters. The molecule has 1 aromatic carbocycles. The lowest BCUT2D eigenvalue weighted by atomic mass is 10.1. The van der Waals surface area contributed by atoms with Crippen LogP contribution in [0.25, 0.3) is 0 Å². The van der Waals surface area contributed by atoms with Crippen LogP contribution < -0.4 is 10.5 Å². The summed E-state index contributed by atoms with van der Waals surface area (Å²) in [5.41, 5.74) is 3.23. The molecule has 1 amide bonds. The number of anilines is 1. The van der Waals surface area contributed by atoms with E-state index in [4.69, 9.17) is 5.73 Å². The number of carbonyl (C=O) groups is 1. The van der Waals surface area contributed by atoms with Gasteiger partial charge < -0.3 is 5.73 Å². The number of pyridine rings is 1. The van der Waals surface area contributed by atoms with Crippen molar-refractivity contribution >= 4 is 21.6 Å². The molecule has 0 aliphatic rings. The van der Waals surface area contributed by atoms with E-state index in [1.54, 1.807) is 0 Å². The van der Waals surface area contributed by atoms with Crippen LogP contribution in [0.1, 0.15) is 10.4 Å². The van der Waals surface area contributed by atoms with Gasteiger partial charge in [-0.1, -0.05) is 6.07 Å². The van der Waals surface area contributed by atoms with Gasteiger partial charge >= 0.3 is 0 Å². The van der Waals surface area contributed by atoms with Crippen molar-refractivity contribution in [3.05, 3.63) is 53.7 Å². The van der Waals surface area contributed by atoms with E-state index in [-0.39, 0.29) is 5.03 Å². The van der Waals surface area contributed by atoms with E-state index in [0.717, 1.165) is 12.1 Å². The molecule has 1 aromatic heterocycles. The lowest BCUT2D eigenvalue weighted by molar-refractivity contribution is 0.0992. The van der Waals surface area contributed by atoms with Crippen molar-refractivity contribution in [1.29, 1.82) is 0 Å². The van der Waals surface area contributed by atoms with Gasteiger partial charge in [0.2, 0.25) is 0 Å². The number of nitrogens with two attached hydrogens (primary N) is 1. The Morgan fingerprint density at radius 1 is 1.19 bits per heavy atom. The molecule has 0 aliphatic carbocycles. The van der Waals surface area contributed by atoms with Gasteiger partial charge in [0.05, 0.1) is 5.69 Å². The maximum absolute atomic E-state index is 13.9. The Kier molecular flexibility index (Phi) is 3.85. The molecule has 0 spiro atoms. The normalized spacial score (nSPS) is 11.1. The lowest BCUT2D eigenvalue weighted by Crippen LogP contribution is -2.19. The highest BCUT2D eigenvalue weighted by Crippen LogP contribution is 2.23. The van der Waals surface area contributed by atoms with Crippen LogP contribution in [0.2, 0.25) is 0 Å². The summed E-state index contributed by atoms with van der Waals surface area (Å²) in [4.78, 5) is 14.6. The van der Waals surface area contributed by atoms with Crippen molar-refractivity contribution in [1.82, 2.24) is 4.98 Å². The molecule has 2 aromatic rings. The second kappa shape index (κ2) is 5.44. The number of hydrogen-bond donors (Lipinski definition) is 2. The zero-order chi connectivity index (χ0) is 15.6. The third-order valence-electron chi connectivity index (χ3n) is 2.49. The van der Waals surface area contributed by atoms with Gasteiger partial charge in [-0.2, -0.15) is 8.42 Å². The quantitative estimate of drug-likeness (QED) is 0.887. The number of carbonyl (C=O) groups excluding carboxylic acids is 1. The number of sulfonamides is 1. The van der Waals surface area contributed by atoms with Crippen molar-refractivity contribution in [2.24, 2.45) is 5.73 Å². The fourth-order valence-electron chi connectivity index (χ4n) is 1.56. The SMILES string of the molecule is NC(=O)c1c(F)ccc(NS(=O)(=O)c2ccccn2)c1F. The summed E-state index contributed by atoms with van der Waals surface area (Å²) in [6, 6.07) is 5.70. The maximum Gasteiger partial charge on any atom is 0.279 e. The van der Waals surface area contributed by atoms with Crippen molar-refractivity contribution < 1.29 is 22.0 Å². The Balaban J connectivity index is 2.46. The summed E-state index contributed by atoms with van der Waals surface area (Å²) in [6.07, 6.45) is 1.24. The van der Waals surface area contributed by atoms with Crippen LogP contribution in [0.4, 0.5) is 14.5 Å². The first-order valence-electron chi connectivity index (χ1n) is 5.54. The van der Waals surface area contributed by atoms with Crippen molar-refractivity contribution in [3.63, 3.8) is 0 Å². The number of amides is 1. The number of halogens is 2. The highest BCUT2D eigenvalue weighted by atomic mass is 32.2. The van der Waals surface area contributed by atoms with Gasteiger partial charge in [0.15, 0.2) is 10.8 Å². The molecular weight excluding hydrogens is 304 g/mol. The molecule has 0 saturated heterocycles. The molecule has 0 aliphatic heterocycles. The third kappa shape index (κ3) is 2.97. The fourth-order valence-corrected chi connectivity index (χ4v) is 2.57. The van der Waals surface area contributed by atoms with Crippen LogP contribution >= 0.6 is 0 Å². The molecule has 0 unspecified atom stereocenters. The van der Waals surface area contributed by atoms with E-state index < -0.39 is 38.8 Å². The number of nitrogens with one attached hydrogen (secondary N) is 1. The van der Waals surface area contributed by atoms with Gasteiger partial charge in [0.25, 0.3) is 15.9 Å². The second-order valence-electron chi connectivity index (χ2n) is 3.92. The van der Waals surface area contributed by atoms with Crippen molar-refractivity contribution in [2.45, 2.75) is 5.03 Å². The average Bonchev–Trinajstić information content (AvgIpc) is 2.43. The Hall–Kier alpha value is -2.55. The Morgan fingerprint density at radius 3 is 2.48 bits per heavy atom. The smallest absolute Gasteiger partial charge is 0.279 e. The van der Waals surface area contributed by atoms with E-state index >= 15 is 0 Å². The molecule has 1 heterocycles. The van der Waals surface area contributed by atoms with E-state index in [9.17, 15) is 22.0 Å². The van der Waals surface area contributed by atoms with Gasteiger partial charge in [0, 0.05) is 6.20 Å². The van der Waals surface area contributed by atoms with Gasteiger partial charge in [-0.3, -0.25) is 9.52 Å². The van der Waals surface area contributed by atoms with Gasteiger partial charge in [-0.15, -0.1) is 0 Å². The van der Waals surface area contributed by atoms with E-state index in [1.165, 1.54) is 24.4 Å². The summed E-state index contributed by atoms with van der Waals surface area (Å²) in [5.74, 6) is -3.91. The van der Waals surface area contributed by atoms with Crippen LogP contribution in [0.15, 0.2) is 41.6 Å². The molecule has 0 saturated carbocycles. The van der Waals surface area contributed by atoms with Gasteiger partial charge in [-0.25, -0.2) is 13.8 Å². The number of hydrogen-bond acceptors (Lipinski definition) is 4. The molecule has 0 fully saturated rings. The molecule has 0 radical (unpaired) electrons. The molecule has 3 N–H and O–H groups in total. The van der Waals surface area contributed by atoms with E-state index in [2.05, 4.69) is 4.98 Å². The minimum absolute atomic E-state index is 0.352. The molecule has 21 heavy (non-hydrogen) atoms. The number of aromatic nitrogens is 1. The molecule has 0 bridgehead atoms. The molecule has 110 valence electrons. The topological polar surface area (TPSA) is 102 Å². The lowest BCUT2D eigenvalue weighted by Gasteiger charge is -2.10. The van der Waals surface area contributed by atoms with Crippen LogP contribution in [-0.4, -0.2) is 19.3 Å². The largest absolute Gasteiger partial charge is 0.365 e. The van der Waals surface area contributed by atoms with Crippen LogP contribution in [0.3, 0.4) is 0 Å². The second-order valence-corrected chi connectivity index (χ2v) is 5.55. The highest BCUT2D eigenvalue weighted by molar-refractivity contribution is 7.92. The Bertz CT molecular complexity index is 795.